The van der Waals surface area contributed by atoms with E-state index in [1.807, 2.05) is 6.20 Å². The maximum atomic E-state index is 5.18. The summed E-state index contributed by atoms with van der Waals surface area (Å²) in [7, 11) is 0. The van der Waals surface area contributed by atoms with E-state index in [0.29, 0.717) is 0 Å². The van der Waals surface area contributed by atoms with Crippen molar-refractivity contribution in [3.05, 3.63) is 241 Å². The molecule has 12 rings (SSSR count). The van der Waals surface area contributed by atoms with Crippen LogP contribution in [0.25, 0.3) is 104 Å². The van der Waals surface area contributed by atoms with Crippen molar-refractivity contribution < 1.29 is 0 Å². The fourth-order valence-electron chi connectivity index (χ4n) is 9.56. The molecule has 10 aromatic carbocycles. The third-order valence-corrected chi connectivity index (χ3v) is 12.5. The summed E-state index contributed by atoms with van der Waals surface area (Å²) in [6.07, 6.45) is 6.67. The Balaban J connectivity index is 1.17. The van der Waals surface area contributed by atoms with Gasteiger partial charge in [0, 0.05) is 17.2 Å². The van der Waals surface area contributed by atoms with Gasteiger partial charge in [-0.15, -0.1) is 0 Å². The third-order valence-electron chi connectivity index (χ3n) is 12.5. The molecule has 11 aromatic rings. The van der Waals surface area contributed by atoms with Crippen LogP contribution in [-0.2, 0) is 0 Å². The first-order valence-corrected chi connectivity index (χ1v) is 20.6. The number of benzene rings is 10. The minimum absolute atomic E-state index is 0.931. The molecule has 0 saturated heterocycles. The van der Waals surface area contributed by atoms with Gasteiger partial charge in [0.15, 0.2) is 0 Å². The average molecular weight is 760 g/mol. The molecule has 1 aromatic heterocycles. The molecule has 60 heavy (non-hydrogen) atoms. The molecule has 0 N–H and O–H groups in total. The van der Waals surface area contributed by atoms with Crippen LogP contribution in [0.5, 0.6) is 0 Å². The highest BCUT2D eigenvalue weighted by atomic mass is 14.7. The highest BCUT2D eigenvalue weighted by Crippen LogP contribution is 2.46. The molecule has 0 saturated carbocycles. The second-order valence-corrected chi connectivity index (χ2v) is 16.0. The van der Waals surface area contributed by atoms with Crippen molar-refractivity contribution in [3.63, 3.8) is 0 Å². The van der Waals surface area contributed by atoms with Crippen LogP contribution in [0.1, 0.15) is 22.4 Å². The van der Waals surface area contributed by atoms with Crippen molar-refractivity contribution in [2.75, 3.05) is 0 Å². The van der Waals surface area contributed by atoms with E-state index in [1.165, 1.54) is 81.7 Å². The Labute approximate surface area is 348 Å². The fraction of sp³-hybridized carbons (Fsp3) is 0. The summed E-state index contributed by atoms with van der Waals surface area (Å²) in [4.78, 5) is 5.18. The van der Waals surface area contributed by atoms with Crippen LogP contribution in [0.15, 0.2) is 219 Å². The van der Waals surface area contributed by atoms with E-state index in [4.69, 9.17) is 11.6 Å². The molecule has 1 aliphatic rings. The predicted octanol–water partition coefficient (Wildman–Crippen LogP) is 15.9. The van der Waals surface area contributed by atoms with Crippen molar-refractivity contribution in [1.29, 1.82) is 0 Å². The monoisotopic (exact) mass is 759 g/mol. The van der Waals surface area contributed by atoms with Crippen LogP contribution in [-0.4, -0.2) is 4.98 Å². The van der Waals surface area contributed by atoms with Crippen LogP contribution in [0.2, 0.25) is 0 Å². The summed E-state index contributed by atoms with van der Waals surface area (Å²) in [5.74, 6) is 0. The van der Waals surface area contributed by atoms with Gasteiger partial charge in [-0.3, -0.25) is 4.98 Å². The van der Waals surface area contributed by atoms with E-state index in [-0.39, 0.29) is 0 Å². The summed E-state index contributed by atoms with van der Waals surface area (Å²) in [6, 6.07) is 70.9. The summed E-state index contributed by atoms with van der Waals surface area (Å²) in [5, 5.41) is 14.5. The molecule has 0 fully saturated rings. The van der Waals surface area contributed by atoms with Crippen molar-refractivity contribution in [1.82, 2.24) is 4.98 Å². The Morgan fingerprint density at radius 3 is 1.67 bits per heavy atom. The van der Waals surface area contributed by atoms with Crippen LogP contribution in [0.3, 0.4) is 0 Å². The largest absolute Gasteiger partial charge is 0.256 e. The number of fused-ring (bicyclic) bond motifs is 9. The molecular weight excluding hydrogens is 723 g/mol. The number of hydrogen-bond acceptors (Lipinski definition) is 1. The second kappa shape index (κ2) is 13.6. The quantitative estimate of drug-likeness (QED) is 0.163. The molecule has 0 unspecified atom stereocenters. The van der Waals surface area contributed by atoms with E-state index in [2.05, 4.69) is 206 Å². The van der Waals surface area contributed by atoms with Crippen molar-refractivity contribution in [2.45, 2.75) is 0 Å². The van der Waals surface area contributed by atoms with Gasteiger partial charge in [0.2, 0.25) is 0 Å². The highest BCUT2D eigenvalue weighted by molar-refractivity contribution is 6.17. The molecule has 0 bridgehead atoms. The minimum Gasteiger partial charge on any atom is -0.256 e. The maximum Gasteiger partial charge on any atom is 0.0714 e. The van der Waals surface area contributed by atoms with Gasteiger partial charge < -0.3 is 0 Å². The molecule has 278 valence electrons. The van der Waals surface area contributed by atoms with Gasteiger partial charge in [-0.25, -0.2) is 0 Å². The zero-order valence-electron chi connectivity index (χ0n) is 32.9. The first-order valence-electron chi connectivity index (χ1n) is 20.6. The van der Waals surface area contributed by atoms with Crippen LogP contribution in [0, 0.1) is 0 Å². The summed E-state index contributed by atoms with van der Waals surface area (Å²) in [6.45, 7) is 4.92. The Morgan fingerprint density at radius 1 is 0.333 bits per heavy atom. The lowest BCUT2D eigenvalue weighted by molar-refractivity contribution is 1.30. The zero-order valence-corrected chi connectivity index (χ0v) is 32.9. The van der Waals surface area contributed by atoms with Crippen LogP contribution < -0.4 is 0 Å². The van der Waals surface area contributed by atoms with Gasteiger partial charge in [-0.05, 0) is 158 Å². The van der Waals surface area contributed by atoms with Crippen LogP contribution in [0.4, 0.5) is 0 Å². The Kier molecular flexibility index (Phi) is 7.76. The number of allylic oxidation sites excluding steroid dienone is 4. The summed E-state index contributed by atoms with van der Waals surface area (Å²) < 4.78 is 0. The number of hydrogen-bond donors (Lipinski definition) is 0. The standard InChI is InChI=1S/C59H37N/c1-37-28-48(55-31-44-17-8-9-19-49(44)50-20-10-11-21-51(50)55)34-56(58-35-42-16-6-7-18-46(42)36-60-58)53-27-26-52-54(45-25-23-39-13-3-5-15-41(39)30-45)32-47(33-57(52)59(37)53)43-24-22-38-12-2-4-14-40(38)29-43/h2-36H,1H2. The van der Waals surface area contributed by atoms with Gasteiger partial charge in [0.25, 0.3) is 0 Å². The molecule has 0 radical (unpaired) electrons. The lowest BCUT2D eigenvalue weighted by Crippen LogP contribution is -1.98. The normalized spacial score (nSPS) is 12.9. The van der Waals surface area contributed by atoms with Crippen molar-refractivity contribution in [3.8, 4) is 22.3 Å². The number of nitrogens with zero attached hydrogens (tertiary/aromatic N) is 1. The van der Waals surface area contributed by atoms with Gasteiger partial charge in [-0.1, -0.05) is 164 Å². The molecule has 0 aliphatic heterocycles. The smallest absolute Gasteiger partial charge is 0.0714 e. The van der Waals surface area contributed by atoms with Gasteiger partial charge >= 0.3 is 0 Å². The molecular formula is C59H37N. The van der Waals surface area contributed by atoms with Gasteiger partial charge in [0.1, 0.15) is 0 Å². The first-order chi connectivity index (χ1) is 29.6. The molecule has 1 aliphatic carbocycles. The van der Waals surface area contributed by atoms with Crippen LogP contribution >= 0.6 is 0 Å². The predicted molar refractivity (Wildman–Crippen MR) is 257 cm³/mol. The summed E-state index contributed by atoms with van der Waals surface area (Å²) in [5.41, 5.74) is 12.2. The van der Waals surface area contributed by atoms with Crippen molar-refractivity contribution >= 4 is 81.4 Å². The van der Waals surface area contributed by atoms with Crippen molar-refractivity contribution in [2.24, 2.45) is 0 Å². The van der Waals surface area contributed by atoms with E-state index < -0.39 is 0 Å². The number of aromatic nitrogens is 1. The van der Waals surface area contributed by atoms with E-state index >= 15 is 0 Å². The SMILES string of the molecule is C=C1C=C(c2cc3ccccc3c3ccccc23)C=C(c2cc3ccccc3cn2)c2ccc3c(-c4ccc5ccccc5c4)cc(-c4ccc5ccccc5c4)cc3c21. The van der Waals surface area contributed by atoms with Gasteiger partial charge in [0.05, 0.1) is 5.69 Å². The lowest BCUT2D eigenvalue weighted by atomic mass is 9.85. The third kappa shape index (κ3) is 5.59. The Hall–Kier alpha value is -7.87. The Morgan fingerprint density at radius 2 is 0.917 bits per heavy atom. The zero-order chi connectivity index (χ0) is 39.7. The Bertz CT molecular complexity index is 3670. The topological polar surface area (TPSA) is 12.9 Å². The van der Waals surface area contributed by atoms with E-state index in [1.54, 1.807) is 0 Å². The maximum absolute atomic E-state index is 5.18. The molecule has 0 amide bonds. The number of rotatable bonds is 4. The molecule has 1 heterocycles. The average Bonchev–Trinajstić information content (AvgIpc) is 3.46. The molecule has 1 heteroatoms. The molecule has 0 spiro atoms. The molecule has 0 atom stereocenters. The fourth-order valence-corrected chi connectivity index (χ4v) is 9.56. The van der Waals surface area contributed by atoms with E-state index in [9.17, 15) is 0 Å². The second-order valence-electron chi connectivity index (χ2n) is 16.0. The first kappa shape index (κ1) is 34.2. The molecule has 1 nitrogen and oxygen atoms in total. The summed E-state index contributed by atoms with van der Waals surface area (Å²) >= 11 is 0. The van der Waals surface area contributed by atoms with E-state index in [0.717, 1.165) is 44.3 Å². The van der Waals surface area contributed by atoms with Gasteiger partial charge in [-0.2, -0.15) is 0 Å². The minimum atomic E-state index is 0.931. The highest BCUT2D eigenvalue weighted by Gasteiger charge is 2.23. The lowest BCUT2D eigenvalue weighted by Gasteiger charge is -2.19. The number of pyridine rings is 1.